The van der Waals surface area contributed by atoms with Crippen molar-refractivity contribution in [3.05, 3.63) is 0 Å². The fraction of sp³-hybridized carbons (Fsp3) is 1.00. The largest absolute Gasteiger partial charge is 0.0620 e. The van der Waals surface area contributed by atoms with Gasteiger partial charge in [-0.25, -0.2) is 0 Å². The minimum absolute atomic E-state index is 0.536. The highest BCUT2D eigenvalue weighted by Crippen LogP contribution is 2.63. The van der Waals surface area contributed by atoms with Crippen LogP contribution in [0.1, 0.15) is 98.3 Å². The molecule has 0 radical (unpaired) electrons. The molecule has 0 nitrogen and oxygen atoms in total. The van der Waals surface area contributed by atoms with Crippen molar-refractivity contribution in [2.24, 2.45) is 52.8 Å². The molecule has 0 N–H and O–H groups in total. The zero-order chi connectivity index (χ0) is 16.9. The van der Waals surface area contributed by atoms with Gasteiger partial charge in [0.2, 0.25) is 0 Å². The van der Waals surface area contributed by atoms with E-state index in [0.717, 1.165) is 47.3 Å². The number of hydrogen-bond acceptors (Lipinski definition) is 0. The molecule has 4 rings (SSSR count). The first-order valence-electron chi connectivity index (χ1n) is 11.5. The molecule has 0 heterocycles. The summed E-state index contributed by atoms with van der Waals surface area (Å²) in [5, 5.41) is 0. The summed E-state index contributed by atoms with van der Waals surface area (Å²) in [6.45, 7) is 10.3. The summed E-state index contributed by atoms with van der Waals surface area (Å²) >= 11 is 0. The average Bonchev–Trinajstić information content (AvgIpc) is 2.97. The molecule has 0 heteroatoms. The normalized spacial score (nSPS) is 45.0. The van der Waals surface area contributed by atoms with E-state index < -0.39 is 0 Å². The van der Waals surface area contributed by atoms with Crippen LogP contribution in [0.5, 0.6) is 0 Å². The van der Waals surface area contributed by atoms with Crippen molar-refractivity contribution in [2.75, 3.05) is 0 Å². The monoisotopic (exact) mass is 330 g/mol. The third-order valence-electron chi connectivity index (χ3n) is 9.28. The second-order valence-corrected chi connectivity index (χ2v) is 11.3. The molecule has 4 saturated carbocycles. The van der Waals surface area contributed by atoms with E-state index in [1.165, 1.54) is 19.3 Å². The molecule has 4 fully saturated rings. The van der Waals surface area contributed by atoms with Gasteiger partial charge < -0.3 is 0 Å². The van der Waals surface area contributed by atoms with Crippen molar-refractivity contribution in [2.45, 2.75) is 98.3 Å². The molecular formula is C24H42. The minimum Gasteiger partial charge on any atom is -0.0620 e. The first kappa shape index (κ1) is 17.4. The van der Waals surface area contributed by atoms with Crippen LogP contribution < -0.4 is 0 Å². The Bertz CT molecular complexity index is 424. The van der Waals surface area contributed by atoms with Gasteiger partial charge in [-0.1, -0.05) is 66.2 Å². The summed E-state index contributed by atoms with van der Waals surface area (Å²) in [6, 6.07) is 0. The molecule has 4 aliphatic carbocycles. The Labute approximate surface area is 151 Å². The van der Waals surface area contributed by atoms with Gasteiger partial charge in [0.25, 0.3) is 0 Å². The van der Waals surface area contributed by atoms with Gasteiger partial charge in [0.05, 0.1) is 0 Å². The van der Waals surface area contributed by atoms with Crippen molar-refractivity contribution >= 4 is 0 Å². The smallest absolute Gasteiger partial charge is 0.0323 e. The van der Waals surface area contributed by atoms with Crippen molar-refractivity contribution in [1.82, 2.24) is 0 Å². The van der Waals surface area contributed by atoms with E-state index in [1.807, 2.05) is 0 Å². The summed E-state index contributed by atoms with van der Waals surface area (Å²) in [4.78, 5) is 0. The van der Waals surface area contributed by atoms with Crippen molar-refractivity contribution in [1.29, 1.82) is 0 Å². The summed E-state index contributed by atoms with van der Waals surface area (Å²) in [7, 11) is 0. The molecule has 0 aromatic carbocycles. The Kier molecular flexibility index (Phi) is 4.81. The highest BCUT2D eigenvalue weighted by Gasteiger charge is 2.55. The van der Waals surface area contributed by atoms with Gasteiger partial charge in [0.15, 0.2) is 0 Å². The van der Waals surface area contributed by atoms with Crippen molar-refractivity contribution in [3.63, 3.8) is 0 Å². The molecule has 0 bridgehead atoms. The lowest BCUT2D eigenvalue weighted by atomic mass is 9.55. The van der Waals surface area contributed by atoms with E-state index in [2.05, 4.69) is 27.7 Å². The lowest BCUT2D eigenvalue weighted by Gasteiger charge is -2.50. The van der Waals surface area contributed by atoms with Crippen LogP contribution in [0.2, 0.25) is 0 Å². The molecule has 138 valence electrons. The highest BCUT2D eigenvalue weighted by atomic mass is 14.6. The highest BCUT2D eigenvalue weighted by molar-refractivity contribution is 5.04. The lowest BCUT2D eigenvalue weighted by molar-refractivity contribution is -0.00960. The summed E-state index contributed by atoms with van der Waals surface area (Å²) in [5.74, 6) is 8.58. The van der Waals surface area contributed by atoms with Gasteiger partial charge in [-0.3, -0.25) is 0 Å². The quantitative estimate of drug-likeness (QED) is 0.497. The first-order valence-corrected chi connectivity index (χ1v) is 11.5. The van der Waals surface area contributed by atoms with E-state index in [1.54, 1.807) is 51.4 Å². The molecule has 0 aromatic heterocycles. The van der Waals surface area contributed by atoms with E-state index >= 15 is 0 Å². The predicted octanol–water partition coefficient (Wildman–Crippen LogP) is 7.33. The van der Waals surface area contributed by atoms with Crippen LogP contribution in [0.25, 0.3) is 0 Å². The average molecular weight is 331 g/mol. The maximum atomic E-state index is 2.67. The number of hydrogen-bond donors (Lipinski definition) is 0. The Morgan fingerprint density at radius 3 is 2.17 bits per heavy atom. The Balaban J connectivity index is 1.52. The summed E-state index contributed by atoms with van der Waals surface area (Å²) in [6.07, 6.45) is 17.1. The molecular weight excluding hydrogens is 288 g/mol. The molecule has 4 aliphatic rings. The molecule has 0 spiro atoms. The summed E-state index contributed by atoms with van der Waals surface area (Å²) < 4.78 is 0. The van der Waals surface area contributed by atoms with Crippen LogP contribution in [0.4, 0.5) is 0 Å². The minimum atomic E-state index is 0.536. The zero-order valence-electron chi connectivity index (χ0n) is 16.9. The SMILES string of the molecule is CC(C1CCCCC1)C1CCC2CC(C(C)(C)C)C3CCCC1C23. The third-order valence-corrected chi connectivity index (χ3v) is 9.28. The van der Waals surface area contributed by atoms with Gasteiger partial charge >= 0.3 is 0 Å². The van der Waals surface area contributed by atoms with Gasteiger partial charge in [0, 0.05) is 0 Å². The lowest BCUT2D eigenvalue weighted by Crippen LogP contribution is -2.43. The fourth-order valence-electron chi connectivity index (χ4n) is 8.21. The van der Waals surface area contributed by atoms with Gasteiger partial charge in [-0.2, -0.15) is 0 Å². The van der Waals surface area contributed by atoms with Crippen LogP contribution in [-0.2, 0) is 0 Å². The molecule has 0 aliphatic heterocycles. The Hall–Kier alpha value is 0. The topological polar surface area (TPSA) is 0 Å². The van der Waals surface area contributed by atoms with Crippen LogP contribution in [0, 0.1) is 52.8 Å². The second-order valence-electron chi connectivity index (χ2n) is 11.3. The van der Waals surface area contributed by atoms with Crippen LogP contribution in [0.3, 0.4) is 0 Å². The second kappa shape index (κ2) is 6.62. The molecule has 7 atom stereocenters. The zero-order valence-corrected chi connectivity index (χ0v) is 16.9. The van der Waals surface area contributed by atoms with E-state index in [9.17, 15) is 0 Å². The van der Waals surface area contributed by atoms with Crippen LogP contribution >= 0.6 is 0 Å². The van der Waals surface area contributed by atoms with Crippen LogP contribution in [-0.4, -0.2) is 0 Å². The Morgan fingerprint density at radius 2 is 1.46 bits per heavy atom. The first-order chi connectivity index (χ1) is 11.5. The van der Waals surface area contributed by atoms with Gasteiger partial charge in [-0.05, 0) is 84.9 Å². The Morgan fingerprint density at radius 1 is 0.750 bits per heavy atom. The fourth-order valence-corrected chi connectivity index (χ4v) is 8.21. The molecule has 0 saturated heterocycles. The number of rotatable bonds is 2. The molecule has 0 amide bonds. The van der Waals surface area contributed by atoms with Gasteiger partial charge in [-0.15, -0.1) is 0 Å². The van der Waals surface area contributed by atoms with E-state index in [-0.39, 0.29) is 0 Å². The van der Waals surface area contributed by atoms with E-state index in [0.29, 0.717) is 5.41 Å². The van der Waals surface area contributed by atoms with Crippen molar-refractivity contribution in [3.8, 4) is 0 Å². The third kappa shape index (κ3) is 2.99. The van der Waals surface area contributed by atoms with Crippen molar-refractivity contribution < 1.29 is 0 Å². The molecule has 24 heavy (non-hydrogen) atoms. The maximum absolute atomic E-state index is 2.67. The maximum Gasteiger partial charge on any atom is -0.0323 e. The van der Waals surface area contributed by atoms with Gasteiger partial charge in [0.1, 0.15) is 0 Å². The predicted molar refractivity (Wildman–Crippen MR) is 104 cm³/mol. The van der Waals surface area contributed by atoms with E-state index in [4.69, 9.17) is 0 Å². The molecule has 7 unspecified atom stereocenters. The standard InChI is InChI=1S/C24H42/c1-16(17-9-6-5-7-10-17)19-14-13-18-15-22(24(2,3)4)21-12-8-11-20(19)23(18)21/h16-23H,5-15H2,1-4H3. The van der Waals surface area contributed by atoms with Crippen LogP contribution in [0.15, 0.2) is 0 Å². The summed E-state index contributed by atoms with van der Waals surface area (Å²) in [5.41, 5.74) is 0.536. The molecule has 0 aromatic rings.